The van der Waals surface area contributed by atoms with E-state index in [0.29, 0.717) is 57.7 Å². The molecule has 0 radical (unpaired) electrons. The van der Waals surface area contributed by atoms with Crippen molar-refractivity contribution in [3.8, 4) is 0 Å². The average molecular weight is 1170 g/mol. The third-order valence-electron chi connectivity index (χ3n) is 17.6. The number of piperidine rings is 4. The number of rotatable bonds is 15. The van der Waals surface area contributed by atoms with Gasteiger partial charge in [0.05, 0.1) is 28.3 Å². The Bertz CT molecular complexity index is 2760. The van der Waals surface area contributed by atoms with Gasteiger partial charge in [0.25, 0.3) is 0 Å². The van der Waals surface area contributed by atoms with Crippen LogP contribution >= 0.6 is 0 Å². The number of carboxylic acids is 5. The molecule has 0 unspecified atom stereocenters. The number of aromatic nitrogens is 5. The van der Waals surface area contributed by atoms with Crippen LogP contribution in [0.3, 0.4) is 0 Å². The summed E-state index contributed by atoms with van der Waals surface area (Å²) in [5.74, 6) is -1.61. The zero-order chi connectivity index (χ0) is 61.3. The lowest BCUT2D eigenvalue weighted by molar-refractivity contribution is 0.0684. The van der Waals surface area contributed by atoms with E-state index in [0.717, 1.165) is 144 Å². The molecular formula is C66H91N9O10. The van der Waals surface area contributed by atoms with Gasteiger partial charge in [-0.25, -0.2) is 24.0 Å². The third-order valence-corrected chi connectivity index (χ3v) is 17.6. The van der Waals surface area contributed by atoms with Crippen LogP contribution < -0.4 is 19.6 Å². The van der Waals surface area contributed by atoms with Crippen LogP contribution in [0.2, 0.25) is 0 Å². The second-order valence-corrected chi connectivity index (χ2v) is 23.2. The summed E-state index contributed by atoms with van der Waals surface area (Å²) in [6, 6.07) is 10.0. The fourth-order valence-electron chi connectivity index (χ4n) is 12.6. The summed E-state index contributed by atoms with van der Waals surface area (Å²) in [5.41, 5.74) is 5.81. The molecule has 19 heteroatoms. The highest BCUT2D eigenvalue weighted by atomic mass is 16.4. The first kappa shape index (κ1) is 66.4. The van der Waals surface area contributed by atoms with Gasteiger partial charge in [-0.1, -0.05) is 60.3 Å². The van der Waals surface area contributed by atoms with Crippen molar-refractivity contribution >= 4 is 52.6 Å². The molecule has 5 fully saturated rings. The van der Waals surface area contributed by atoms with Gasteiger partial charge in [0.2, 0.25) is 0 Å². The molecule has 5 aromatic heterocycles. The van der Waals surface area contributed by atoms with Crippen LogP contribution in [0.5, 0.6) is 0 Å². The van der Waals surface area contributed by atoms with E-state index < -0.39 is 29.8 Å². The van der Waals surface area contributed by atoms with E-state index in [1.54, 1.807) is 31.0 Å². The Labute approximate surface area is 502 Å². The molecule has 85 heavy (non-hydrogen) atoms. The van der Waals surface area contributed by atoms with E-state index in [1.165, 1.54) is 82.4 Å². The summed E-state index contributed by atoms with van der Waals surface area (Å²) in [7, 11) is 0. The number of nitrogens with zero attached hydrogens (tertiary/aromatic N) is 9. The highest BCUT2D eigenvalue weighted by Crippen LogP contribution is 2.34. The van der Waals surface area contributed by atoms with Crippen molar-refractivity contribution in [2.24, 2.45) is 23.7 Å². The van der Waals surface area contributed by atoms with Gasteiger partial charge in [-0.2, -0.15) is 0 Å². The van der Waals surface area contributed by atoms with Crippen molar-refractivity contribution in [1.29, 1.82) is 0 Å². The number of aromatic carboxylic acids is 5. The number of carbonyl (C=O) groups is 5. The predicted molar refractivity (Wildman–Crippen MR) is 332 cm³/mol. The maximum atomic E-state index is 11.2. The van der Waals surface area contributed by atoms with Crippen LogP contribution in [0.4, 0.5) is 22.7 Å². The Kier molecular flexibility index (Phi) is 26.8. The largest absolute Gasteiger partial charge is 0.478 e. The molecule has 1 saturated carbocycles. The Morgan fingerprint density at radius 2 is 0.753 bits per heavy atom. The normalized spacial score (nSPS) is 21.1. The second kappa shape index (κ2) is 34.3. The molecule has 4 aliphatic heterocycles. The maximum Gasteiger partial charge on any atom is 0.339 e. The molecule has 5 N–H and O–H groups in total. The monoisotopic (exact) mass is 1170 g/mol. The van der Waals surface area contributed by atoms with Crippen LogP contribution in [0.1, 0.15) is 208 Å². The van der Waals surface area contributed by atoms with Crippen LogP contribution in [-0.4, -0.2) is 132 Å². The van der Waals surface area contributed by atoms with Crippen molar-refractivity contribution in [2.45, 2.75) is 169 Å². The molecule has 0 aromatic carbocycles. The predicted octanol–water partition coefficient (Wildman–Crippen LogP) is 13.1. The lowest BCUT2D eigenvalue weighted by Gasteiger charge is -2.37. The molecule has 0 bridgehead atoms. The molecule has 0 amide bonds. The summed E-state index contributed by atoms with van der Waals surface area (Å²) in [5, 5.41) is 45.8. The number of hydrogen-bond donors (Lipinski definition) is 5. The first-order valence-corrected chi connectivity index (χ1v) is 31.0. The van der Waals surface area contributed by atoms with E-state index >= 15 is 0 Å². The Balaban J connectivity index is 0.000000170. The maximum absolute atomic E-state index is 11.2. The third kappa shape index (κ3) is 19.4. The summed E-state index contributed by atoms with van der Waals surface area (Å²) in [4.78, 5) is 84.1. The van der Waals surface area contributed by atoms with Gasteiger partial charge in [-0.3, -0.25) is 24.9 Å². The quantitative estimate of drug-likeness (QED) is 0.0652. The van der Waals surface area contributed by atoms with E-state index in [1.807, 2.05) is 30.3 Å². The second-order valence-electron chi connectivity index (χ2n) is 23.2. The van der Waals surface area contributed by atoms with Gasteiger partial charge in [-0.15, -0.1) is 0 Å². The molecule has 4 atom stereocenters. The highest BCUT2D eigenvalue weighted by Gasteiger charge is 2.28. The minimum absolute atomic E-state index is 0.309. The fourth-order valence-corrected chi connectivity index (χ4v) is 12.6. The van der Waals surface area contributed by atoms with E-state index in [4.69, 9.17) is 15.3 Å². The Morgan fingerprint density at radius 1 is 0.400 bits per heavy atom. The van der Waals surface area contributed by atoms with Crippen LogP contribution in [-0.2, 0) is 6.42 Å². The summed E-state index contributed by atoms with van der Waals surface area (Å²) in [6.07, 6.45) is 37.7. The lowest BCUT2D eigenvalue weighted by Crippen LogP contribution is -2.40. The minimum Gasteiger partial charge on any atom is -0.478 e. The molecule has 460 valence electrons. The summed E-state index contributed by atoms with van der Waals surface area (Å²) < 4.78 is 0. The zero-order valence-corrected chi connectivity index (χ0v) is 50.6. The zero-order valence-electron chi connectivity index (χ0n) is 50.6. The topological polar surface area (TPSA) is 264 Å². The minimum atomic E-state index is -0.897. The van der Waals surface area contributed by atoms with Crippen molar-refractivity contribution in [3.63, 3.8) is 0 Å². The number of carboxylic acid groups (broad SMARTS) is 5. The lowest BCUT2D eigenvalue weighted by atomic mass is 9.80. The van der Waals surface area contributed by atoms with Crippen molar-refractivity contribution in [2.75, 3.05) is 58.9 Å². The molecule has 1 aliphatic carbocycles. The van der Waals surface area contributed by atoms with Crippen LogP contribution in [0.25, 0.3) is 0 Å². The van der Waals surface area contributed by atoms with Crippen molar-refractivity contribution < 1.29 is 49.5 Å². The molecule has 5 aliphatic rings. The standard InChI is InChI=1S/C14H19NO2.4C13H18N2O2/c1-10-2-4-11(5-3-10)8-12-6-7-15-9-13(12)14(16)17;2*1-2-10-4-3-7-15(9-10)12-5-6-14-8-11(12)13(16)17;2*1-2-10-5-3-4-8-15(10)12-6-7-14-9-11(12)13(16)17/h6-7,9-11H,2-5,8H2,1H3,(H,16,17);2*5-6,8,10H,2-4,7,9H2,1H3,(H,16,17);2*6-7,9-10H,2-5,8H2,1H3,(H,16,17)/t;4*10-/m.1010/s1. The van der Waals surface area contributed by atoms with E-state index in [-0.39, 0.29) is 0 Å². The van der Waals surface area contributed by atoms with Gasteiger partial charge >= 0.3 is 29.8 Å². The number of anilines is 4. The van der Waals surface area contributed by atoms with Crippen LogP contribution in [0.15, 0.2) is 92.3 Å². The first-order valence-electron chi connectivity index (χ1n) is 31.0. The molecule has 4 saturated heterocycles. The van der Waals surface area contributed by atoms with Crippen LogP contribution in [0, 0.1) is 23.7 Å². The average Bonchev–Trinajstić information content (AvgIpc) is 3.72. The smallest absolute Gasteiger partial charge is 0.339 e. The first-order chi connectivity index (χ1) is 41.1. The van der Waals surface area contributed by atoms with Gasteiger partial charge < -0.3 is 45.1 Å². The molecule has 0 spiro atoms. The van der Waals surface area contributed by atoms with Gasteiger partial charge in [0, 0.05) is 113 Å². The van der Waals surface area contributed by atoms with Gasteiger partial charge in [0.1, 0.15) is 22.3 Å². The van der Waals surface area contributed by atoms with Gasteiger partial charge in [-0.05, 0) is 156 Å². The van der Waals surface area contributed by atoms with E-state index in [9.17, 15) is 34.2 Å². The molecule has 10 rings (SSSR count). The van der Waals surface area contributed by atoms with Gasteiger partial charge in [0.15, 0.2) is 0 Å². The molecular weight excluding hydrogens is 1080 g/mol. The van der Waals surface area contributed by atoms with Crippen molar-refractivity contribution in [3.05, 3.63) is 126 Å². The Hall–Kier alpha value is -7.70. The summed E-state index contributed by atoms with van der Waals surface area (Å²) in [6.45, 7) is 16.7. The molecule has 9 heterocycles. The SMILES string of the molecule is CC1CCC(Cc2ccncc2C(=O)O)CC1.CC[C@@H]1CCCCN1c1ccncc1C(=O)O.CC[C@@H]1CCCN(c2ccncc2C(=O)O)C1.CC[C@H]1CCCCN1c1ccncc1C(=O)O.CC[C@H]1CCCN(c2ccncc2C(=O)O)C1. The number of pyridine rings is 5. The van der Waals surface area contributed by atoms with Crippen molar-refractivity contribution in [1.82, 2.24) is 24.9 Å². The Morgan fingerprint density at radius 3 is 1.12 bits per heavy atom. The molecule has 5 aromatic rings. The fraction of sp³-hybridized carbons (Fsp3) is 0.545. The highest BCUT2D eigenvalue weighted by molar-refractivity contribution is 5.96. The molecule has 19 nitrogen and oxygen atoms in total. The summed E-state index contributed by atoms with van der Waals surface area (Å²) >= 11 is 0. The number of hydrogen-bond acceptors (Lipinski definition) is 14. The van der Waals surface area contributed by atoms with E-state index in [2.05, 4.69) is 79.1 Å².